The number of carbonyl (C=O) groups excluding carboxylic acids is 1. The first-order valence-electron chi connectivity index (χ1n) is 7.24. The molecule has 2 aliphatic heterocycles. The van der Waals surface area contributed by atoms with Gasteiger partial charge in [-0.2, -0.15) is 0 Å². The topological polar surface area (TPSA) is 59.0 Å². The van der Waals surface area contributed by atoms with Gasteiger partial charge < -0.3 is 19.5 Å². The van der Waals surface area contributed by atoms with Crippen molar-refractivity contribution in [3.05, 3.63) is 29.8 Å². The molecule has 1 unspecified atom stereocenters. The summed E-state index contributed by atoms with van der Waals surface area (Å²) in [5, 5.41) is 9.21. The molecular formula is C16H19NO4. The van der Waals surface area contributed by atoms with Gasteiger partial charge in [-0.25, -0.2) is 0 Å². The van der Waals surface area contributed by atoms with Gasteiger partial charge in [0.05, 0.1) is 0 Å². The first-order chi connectivity index (χ1) is 10.3. The molecule has 0 aromatic heterocycles. The van der Waals surface area contributed by atoms with Crippen LogP contribution in [0.2, 0.25) is 0 Å². The molecule has 1 fully saturated rings. The van der Waals surface area contributed by atoms with E-state index in [0.717, 1.165) is 30.7 Å². The number of rotatable bonds is 3. The van der Waals surface area contributed by atoms with Crippen LogP contribution in [0.25, 0.3) is 6.08 Å². The Morgan fingerprint density at radius 3 is 3.10 bits per heavy atom. The van der Waals surface area contributed by atoms with E-state index in [1.165, 1.54) is 0 Å². The van der Waals surface area contributed by atoms with Crippen LogP contribution in [-0.2, 0) is 4.79 Å². The van der Waals surface area contributed by atoms with Gasteiger partial charge in [-0.1, -0.05) is 6.07 Å². The summed E-state index contributed by atoms with van der Waals surface area (Å²) in [5.41, 5.74) is 0.906. The summed E-state index contributed by atoms with van der Waals surface area (Å²) in [6, 6.07) is 5.60. The molecule has 2 aliphatic rings. The van der Waals surface area contributed by atoms with Gasteiger partial charge in [-0.3, -0.25) is 4.79 Å². The van der Waals surface area contributed by atoms with Crippen LogP contribution < -0.4 is 9.47 Å². The molecule has 1 N–H and O–H groups in total. The number of fused-ring (bicyclic) bond motifs is 1. The molecule has 0 spiro atoms. The van der Waals surface area contributed by atoms with Crippen LogP contribution in [-0.4, -0.2) is 42.4 Å². The minimum absolute atomic E-state index is 0.00850. The van der Waals surface area contributed by atoms with E-state index in [9.17, 15) is 9.90 Å². The Hall–Kier alpha value is -2.01. The zero-order valence-electron chi connectivity index (χ0n) is 11.8. The van der Waals surface area contributed by atoms with Crippen molar-refractivity contribution in [1.82, 2.24) is 4.90 Å². The van der Waals surface area contributed by atoms with Gasteiger partial charge >= 0.3 is 0 Å². The Balaban J connectivity index is 1.64. The monoisotopic (exact) mass is 289 g/mol. The van der Waals surface area contributed by atoms with Crippen LogP contribution in [0.3, 0.4) is 0 Å². The third-order valence-corrected chi connectivity index (χ3v) is 3.90. The highest BCUT2D eigenvalue weighted by molar-refractivity contribution is 5.92. The summed E-state index contributed by atoms with van der Waals surface area (Å²) in [4.78, 5) is 14.0. The first-order valence-corrected chi connectivity index (χ1v) is 7.24. The summed E-state index contributed by atoms with van der Waals surface area (Å²) in [6.45, 7) is 1.80. The van der Waals surface area contributed by atoms with Crippen molar-refractivity contribution in [2.75, 3.05) is 26.5 Å². The van der Waals surface area contributed by atoms with Crippen LogP contribution in [0.15, 0.2) is 24.3 Å². The number of likely N-dealkylation sites (tertiary alicyclic amines) is 1. The normalized spacial score (nSPS) is 21.0. The highest BCUT2D eigenvalue weighted by atomic mass is 16.7. The maximum absolute atomic E-state index is 12.2. The van der Waals surface area contributed by atoms with Gasteiger partial charge in [0, 0.05) is 25.8 Å². The van der Waals surface area contributed by atoms with E-state index >= 15 is 0 Å². The van der Waals surface area contributed by atoms with Crippen molar-refractivity contribution in [1.29, 1.82) is 0 Å². The highest BCUT2D eigenvalue weighted by Crippen LogP contribution is 2.32. The molecule has 112 valence electrons. The van der Waals surface area contributed by atoms with Crippen LogP contribution in [0.4, 0.5) is 0 Å². The second-order valence-electron chi connectivity index (χ2n) is 5.42. The number of carbonyl (C=O) groups is 1. The van der Waals surface area contributed by atoms with Crippen molar-refractivity contribution < 1.29 is 19.4 Å². The largest absolute Gasteiger partial charge is 0.454 e. The predicted molar refractivity (Wildman–Crippen MR) is 78.0 cm³/mol. The molecule has 0 radical (unpaired) electrons. The summed E-state index contributed by atoms with van der Waals surface area (Å²) >= 11 is 0. The summed E-state index contributed by atoms with van der Waals surface area (Å²) in [6.07, 6.45) is 5.31. The Morgan fingerprint density at radius 1 is 1.38 bits per heavy atom. The molecule has 21 heavy (non-hydrogen) atoms. The highest BCUT2D eigenvalue weighted by Gasteiger charge is 2.21. The Bertz CT molecular complexity index is 555. The minimum Gasteiger partial charge on any atom is -0.454 e. The van der Waals surface area contributed by atoms with E-state index in [0.29, 0.717) is 12.3 Å². The number of hydrogen-bond acceptors (Lipinski definition) is 4. The zero-order chi connectivity index (χ0) is 14.7. The fraction of sp³-hybridized carbons (Fsp3) is 0.438. The molecule has 2 heterocycles. The Labute approximate surface area is 123 Å². The summed E-state index contributed by atoms with van der Waals surface area (Å²) in [7, 11) is 0. The fourth-order valence-electron chi connectivity index (χ4n) is 2.70. The second kappa shape index (κ2) is 6.18. The van der Waals surface area contributed by atoms with Crippen molar-refractivity contribution in [3.8, 4) is 11.5 Å². The van der Waals surface area contributed by atoms with Crippen molar-refractivity contribution in [3.63, 3.8) is 0 Å². The third-order valence-electron chi connectivity index (χ3n) is 3.90. The average Bonchev–Trinajstić information content (AvgIpc) is 3.00. The Morgan fingerprint density at radius 2 is 2.24 bits per heavy atom. The van der Waals surface area contributed by atoms with Gasteiger partial charge in [-0.05, 0) is 42.5 Å². The fourth-order valence-corrected chi connectivity index (χ4v) is 2.70. The van der Waals surface area contributed by atoms with E-state index in [1.807, 2.05) is 18.2 Å². The molecule has 1 aromatic rings. The second-order valence-corrected chi connectivity index (χ2v) is 5.42. The third kappa shape index (κ3) is 3.19. The standard InChI is InChI=1S/C16H19NO4/c18-10-13-2-1-7-17(9-13)16(19)6-4-12-3-5-14-15(8-12)21-11-20-14/h3-6,8,13,18H,1-2,7,9-11H2/b6-4+. The van der Waals surface area contributed by atoms with Crippen molar-refractivity contribution in [2.24, 2.45) is 5.92 Å². The predicted octanol–water partition coefficient (Wildman–Crippen LogP) is 1.66. The van der Waals surface area contributed by atoms with E-state index in [2.05, 4.69) is 0 Å². The first kappa shape index (κ1) is 13.9. The van der Waals surface area contributed by atoms with E-state index in [-0.39, 0.29) is 25.2 Å². The number of ether oxygens (including phenoxy) is 2. The SMILES string of the molecule is O=C(/C=C/c1ccc2c(c1)OCO2)N1CCCC(CO)C1. The van der Waals surface area contributed by atoms with Crippen LogP contribution in [0, 0.1) is 5.92 Å². The minimum atomic E-state index is -0.00850. The van der Waals surface area contributed by atoms with E-state index in [4.69, 9.17) is 9.47 Å². The number of hydrogen-bond donors (Lipinski definition) is 1. The number of aliphatic hydroxyl groups excluding tert-OH is 1. The number of amides is 1. The zero-order valence-corrected chi connectivity index (χ0v) is 11.8. The van der Waals surface area contributed by atoms with Crippen LogP contribution >= 0.6 is 0 Å². The number of benzene rings is 1. The number of nitrogens with zero attached hydrogens (tertiary/aromatic N) is 1. The molecule has 0 aliphatic carbocycles. The van der Waals surface area contributed by atoms with Crippen molar-refractivity contribution >= 4 is 12.0 Å². The maximum Gasteiger partial charge on any atom is 0.246 e. The molecule has 3 rings (SSSR count). The average molecular weight is 289 g/mol. The van der Waals surface area contributed by atoms with Crippen LogP contribution in [0.5, 0.6) is 11.5 Å². The van der Waals surface area contributed by atoms with Gasteiger partial charge in [0.15, 0.2) is 11.5 Å². The van der Waals surface area contributed by atoms with Crippen LogP contribution in [0.1, 0.15) is 18.4 Å². The van der Waals surface area contributed by atoms with Crippen molar-refractivity contribution in [2.45, 2.75) is 12.8 Å². The lowest BCUT2D eigenvalue weighted by atomic mass is 9.99. The lowest BCUT2D eigenvalue weighted by molar-refractivity contribution is -0.127. The van der Waals surface area contributed by atoms with Gasteiger partial charge in [0.1, 0.15) is 0 Å². The molecule has 5 nitrogen and oxygen atoms in total. The molecule has 5 heteroatoms. The molecule has 1 atom stereocenters. The molecule has 1 saturated heterocycles. The molecule has 1 aromatic carbocycles. The maximum atomic E-state index is 12.2. The molecular weight excluding hydrogens is 270 g/mol. The number of aliphatic hydroxyl groups is 1. The van der Waals surface area contributed by atoms with E-state index in [1.54, 1.807) is 17.1 Å². The Kier molecular flexibility index (Phi) is 4.10. The molecule has 1 amide bonds. The molecule has 0 saturated carbocycles. The van der Waals surface area contributed by atoms with Gasteiger partial charge in [-0.15, -0.1) is 0 Å². The lowest BCUT2D eigenvalue weighted by Gasteiger charge is -2.31. The quantitative estimate of drug-likeness (QED) is 0.860. The van der Waals surface area contributed by atoms with Gasteiger partial charge in [0.2, 0.25) is 12.7 Å². The van der Waals surface area contributed by atoms with Gasteiger partial charge in [0.25, 0.3) is 0 Å². The smallest absolute Gasteiger partial charge is 0.246 e. The number of piperidine rings is 1. The summed E-state index contributed by atoms with van der Waals surface area (Å²) < 4.78 is 10.6. The summed E-state index contributed by atoms with van der Waals surface area (Å²) in [5.74, 6) is 1.65. The lowest BCUT2D eigenvalue weighted by Crippen LogP contribution is -2.40. The van der Waals surface area contributed by atoms with E-state index < -0.39 is 0 Å². The molecule has 0 bridgehead atoms.